The minimum atomic E-state index is -0.567. The molecule has 0 aliphatic heterocycles. The lowest BCUT2D eigenvalue weighted by atomic mass is 10.2. The van der Waals surface area contributed by atoms with E-state index in [4.69, 9.17) is 4.74 Å². The standard InChI is InChI=1S/C19H24FNO2S/c1-21(11-15-7-9-18(24-2)10-8-15)12-17(22)14-23-13-16-5-3-4-6-19(16)20/h3-10,17,22H,11-14H2,1-2H3/p+1/t17-/m0/s1. The number of ether oxygens (including phenoxy) is 1. The van der Waals surface area contributed by atoms with E-state index in [1.165, 1.54) is 21.4 Å². The molecule has 2 rings (SSSR count). The highest BCUT2D eigenvalue weighted by molar-refractivity contribution is 7.98. The van der Waals surface area contributed by atoms with Crippen molar-refractivity contribution >= 4 is 11.8 Å². The van der Waals surface area contributed by atoms with Crippen molar-refractivity contribution in [1.29, 1.82) is 0 Å². The van der Waals surface area contributed by atoms with E-state index < -0.39 is 6.10 Å². The summed E-state index contributed by atoms with van der Waals surface area (Å²) in [6.45, 7) is 1.82. The van der Waals surface area contributed by atoms with Gasteiger partial charge in [0.1, 0.15) is 25.0 Å². The fraction of sp³-hybridized carbons (Fsp3) is 0.368. The highest BCUT2D eigenvalue weighted by atomic mass is 32.2. The number of nitrogens with one attached hydrogen (secondary N) is 1. The lowest BCUT2D eigenvalue weighted by Crippen LogP contribution is -3.08. The molecule has 0 radical (unpaired) electrons. The topological polar surface area (TPSA) is 33.9 Å². The van der Waals surface area contributed by atoms with Crippen LogP contribution in [0.15, 0.2) is 53.4 Å². The zero-order chi connectivity index (χ0) is 17.4. The van der Waals surface area contributed by atoms with Crippen molar-refractivity contribution < 1.29 is 19.1 Å². The number of hydrogen-bond donors (Lipinski definition) is 2. The van der Waals surface area contributed by atoms with Gasteiger partial charge in [0.25, 0.3) is 0 Å². The van der Waals surface area contributed by atoms with Gasteiger partial charge in [0.05, 0.1) is 20.3 Å². The molecular formula is C19H25FNO2S+. The van der Waals surface area contributed by atoms with E-state index in [9.17, 15) is 9.50 Å². The summed E-state index contributed by atoms with van der Waals surface area (Å²) in [4.78, 5) is 2.45. The van der Waals surface area contributed by atoms with Gasteiger partial charge in [-0.25, -0.2) is 4.39 Å². The molecule has 2 atom stereocenters. The summed E-state index contributed by atoms with van der Waals surface area (Å²) in [5, 5.41) is 10.1. The number of quaternary nitrogens is 1. The monoisotopic (exact) mass is 350 g/mol. The van der Waals surface area contributed by atoms with Gasteiger partial charge in [-0.05, 0) is 24.5 Å². The van der Waals surface area contributed by atoms with Crippen molar-refractivity contribution in [2.45, 2.75) is 24.2 Å². The van der Waals surface area contributed by atoms with E-state index in [0.29, 0.717) is 12.1 Å². The number of aliphatic hydroxyl groups excluding tert-OH is 1. The summed E-state index contributed by atoms with van der Waals surface area (Å²) in [5.41, 5.74) is 1.75. The van der Waals surface area contributed by atoms with Crippen molar-refractivity contribution in [3.05, 3.63) is 65.5 Å². The molecule has 0 aliphatic rings. The predicted octanol–water partition coefficient (Wildman–Crippen LogP) is 2.14. The zero-order valence-electron chi connectivity index (χ0n) is 14.2. The molecule has 0 amide bonds. The molecule has 3 nitrogen and oxygen atoms in total. The van der Waals surface area contributed by atoms with Crippen molar-refractivity contribution in [2.24, 2.45) is 0 Å². The number of likely N-dealkylation sites (N-methyl/N-ethyl adjacent to an activating group) is 1. The summed E-state index contributed by atoms with van der Waals surface area (Å²) in [6, 6.07) is 15.0. The number of hydrogen-bond acceptors (Lipinski definition) is 3. The smallest absolute Gasteiger partial charge is 0.128 e. The first-order valence-corrected chi connectivity index (χ1v) is 9.24. The van der Waals surface area contributed by atoms with Gasteiger partial charge < -0.3 is 14.7 Å². The Bertz CT molecular complexity index is 621. The molecule has 0 aromatic heterocycles. The second-order valence-electron chi connectivity index (χ2n) is 5.95. The Balaban J connectivity index is 1.71. The van der Waals surface area contributed by atoms with E-state index in [1.807, 2.05) is 7.05 Å². The molecule has 0 bridgehead atoms. The Kier molecular flexibility index (Phi) is 7.72. The second kappa shape index (κ2) is 9.79. The van der Waals surface area contributed by atoms with Gasteiger partial charge in [-0.3, -0.25) is 0 Å². The van der Waals surface area contributed by atoms with Crippen LogP contribution >= 0.6 is 11.8 Å². The lowest BCUT2D eigenvalue weighted by molar-refractivity contribution is -0.897. The molecule has 0 aliphatic carbocycles. The maximum Gasteiger partial charge on any atom is 0.128 e. The fourth-order valence-corrected chi connectivity index (χ4v) is 2.95. The molecule has 130 valence electrons. The quantitative estimate of drug-likeness (QED) is 0.680. The van der Waals surface area contributed by atoms with E-state index in [0.717, 1.165) is 6.54 Å². The van der Waals surface area contributed by atoms with Crippen LogP contribution in [0.2, 0.25) is 0 Å². The molecule has 2 aromatic rings. The van der Waals surface area contributed by atoms with Crippen molar-refractivity contribution in [3.8, 4) is 0 Å². The number of thioether (sulfide) groups is 1. The first-order chi connectivity index (χ1) is 11.6. The predicted molar refractivity (Wildman–Crippen MR) is 95.7 cm³/mol. The molecular weight excluding hydrogens is 325 g/mol. The van der Waals surface area contributed by atoms with Crippen molar-refractivity contribution in [1.82, 2.24) is 0 Å². The zero-order valence-corrected chi connectivity index (χ0v) is 15.0. The Morgan fingerprint density at radius 2 is 1.88 bits per heavy atom. The number of aliphatic hydroxyl groups is 1. The Morgan fingerprint density at radius 1 is 1.17 bits per heavy atom. The highest BCUT2D eigenvalue weighted by Gasteiger charge is 2.12. The third-order valence-electron chi connectivity index (χ3n) is 3.77. The molecule has 0 spiro atoms. The van der Waals surface area contributed by atoms with Crippen molar-refractivity contribution in [3.63, 3.8) is 0 Å². The van der Waals surface area contributed by atoms with Crippen molar-refractivity contribution in [2.75, 3.05) is 26.5 Å². The van der Waals surface area contributed by atoms with Gasteiger partial charge in [0, 0.05) is 16.0 Å². The van der Waals surface area contributed by atoms with Crippen LogP contribution in [0, 0.1) is 5.82 Å². The summed E-state index contributed by atoms with van der Waals surface area (Å²) in [5.74, 6) is -0.275. The van der Waals surface area contributed by atoms with Crippen LogP contribution in [0.3, 0.4) is 0 Å². The van der Waals surface area contributed by atoms with Gasteiger partial charge >= 0.3 is 0 Å². The van der Waals surface area contributed by atoms with E-state index in [-0.39, 0.29) is 19.0 Å². The minimum absolute atomic E-state index is 0.179. The molecule has 1 unspecified atom stereocenters. The second-order valence-corrected chi connectivity index (χ2v) is 6.83. The summed E-state index contributed by atoms with van der Waals surface area (Å²) >= 11 is 1.73. The van der Waals surface area contributed by atoms with Gasteiger partial charge in [-0.1, -0.05) is 30.3 Å². The molecule has 0 saturated carbocycles. The van der Waals surface area contributed by atoms with Gasteiger partial charge in [0.2, 0.25) is 0 Å². The average Bonchev–Trinajstić information content (AvgIpc) is 2.57. The molecule has 0 fully saturated rings. The Hall–Kier alpha value is -1.40. The largest absolute Gasteiger partial charge is 0.385 e. The third-order valence-corrected chi connectivity index (χ3v) is 4.52. The highest BCUT2D eigenvalue weighted by Crippen LogP contribution is 2.14. The molecule has 0 saturated heterocycles. The van der Waals surface area contributed by atoms with Crippen LogP contribution in [-0.2, 0) is 17.9 Å². The van der Waals surface area contributed by atoms with Gasteiger partial charge in [0.15, 0.2) is 0 Å². The molecule has 2 aromatic carbocycles. The molecule has 5 heteroatoms. The van der Waals surface area contributed by atoms with Crippen LogP contribution in [0.25, 0.3) is 0 Å². The Labute approximate surface area is 147 Å². The van der Waals surface area contributed by atoms with Crippen LogP contribution in [0.5, 0.6) is 0 Å². The number of benzene rings is 2. The normalized spacial score (nSPS) is 13.7. The van der Waals surface area contributed by atoms with Crippen LogP contribution in [0.1, 0.15) is 11.1 Å². The van der Waals surface area contributed by atoms with E-state index in [1.54, 1.807) is 30.0 Å². The maximum atomic E-state index is 13.5. The fourth-order valence-electron chi connectivity index (χ4n) is 2.55. The lowest BCUT2D eigenvalue weighted by Gasteiger charge is -2.18. The van der Waals surface area contributed by atoms with Crippen LogP contribution in [0.4, 0.5) is 4.39 Å². The average molecular weight is 350 g/mol. The van der Waals surface area contributed by atoms with Crippen LogP contribution < -0.4 is 4.90 Å². The van der Waals surface area contributed by atoms with Gasteiger partial charge in [-0.15, -0.1) is 11.8 Å². The molecule has 24 heavy (non-hydrogen) atoms. The molecule has 2 N–H and O–H groups in total. The number of rotatable bonds is 9. The first kappa shape index (κ1) is 18.9. The molecule has 0 heterocycles. The minimum Gasteiger partial charge on any atom is -0.385 e. The van der Waals surface area contributed by atoms with E-state index in [2.05, 4.69) is 30.5 Å². The third kappa shape index (κ3) is 6.24. The van der Waals surface area contributed by atoms with Crippen LogP contribution in [-0.4, -0.2) is 37.7 Å². The summed E-state index contributed by atoms with van der Waals surface area (Å²) < 4.78 is 18.9. The maximum absolute atomic E-state index is 13.5. The summed E-state index contributed by atoms with van der Waals surface area (Å²) in [7, 11) is 2.04. The summed E-state index contributed by atoms with van der Waals surface area (Å²) in [6.07, 6.45) is 1.49. The SMILES string of the molecule is CSc1ccc(C[NH+](C)C[C@H](O)COCc2ccccc2F)cc1. The van der Waals surface area contributed by atoms with E-state index >= 15 is 0 Å². The number of halogens is 1. The Morgan fingerprint density at radius 3 is 2.54 bits per heavy atom. The first-order valence-electron chi connectivity index (χ1n) is 8.02. The van der Waals surface area contributed by atoms with Gasteiger partial charge in [-0.2, -0.15) is 0 Å².